The van der Waals surface area contributed by atoms with Gasteiger partial charge in [0.15, 0.2) is 0 Å². The number of rotatable bonds is 2. The van der Waals surface area contributed by atoms with E-state index in [1.54, 1.807) is 13.0 Å². The lowest BCUT2D eigenvalue weighted by Gasteiger charge is -2.19. The fraction of sp³-hybridized carbons (Fsp3) is 0.263. The third kappa shape index (κ3) is 3.02. The van der Waals surface area contributed by atoms with Crippen LogP contribution in [0.2, 0.25) is 0 Å². The van der Waals surface area contributed by atoms with Crippen molar-refractivity contribution in [3.8, 4) is 0 Å². The molecule has 0 saturated heterocycles. The van der Waals surface area contributed by atoms with Crippen LogP contribution in [0, 0.1) is 12.7 Å². The van der Waals surface area contributed by atoms with Gasteiger partial charge in [-0.3, -0.25) is 9.20 Å². The number of anilines is 1. The van der Waals surface area contributed by atoms with Gasteiger partial charge in [0.1, 0.15) is 17.2 Å². The average Bonchev–Trinajstić information content (AvgIpc) is 2.82. The zero-order valence-corrected chi connectivity index (χ0v) is 14.2. The van der Waals surface area contributed by atoms with Gasteiger partial charge < -0.3 is 5.32 Å². The molecule has 0 bridgehead atoms. The highest BCUT2D eigenvalue weighted by atomic mass is 19.1. The lowest BCUT2D eigenvalue weighted by molar-refractivity contribution is 0.102. The maximum Gasteiger partial charge on any atom is 0.274 e. The number of hydrogen-bond acceptors (Lipinski definition) is 2. The van der Waals surface area contributed by atoms with Crippen LogP contribution in [0.1, 0.15) is 42.5 Å². The molecule has 0 aliphatic carbocycles. The Balaban J connectivity index is 1.90. The number of carbonyl (C=O) groups excluding carboxylic acids is 1. The Morgan fingerprint density at radius 1 is 1.12 bits per heavy atom. The minimum Gasteiger partial charge on any atom is -0.321 e. The van der Waals surface area contributed by atoms with Gasteiger partial charge in [-0.25, -0.2) is 9.37 Å². The van der Waals surface area contributed by atoms with E-state index in [4.69, 9.17) is 0 Å². The average molecular weight is 325 g/mol. The van der Waals surface area contributed by atoms with E-state index in [0.29, 0.717) is 22.7 Å². The molecule has 1 amide bonds. The summed E-state index contributed by atoms with van der Waals surface area (Å²) >= 11 is 0. The molecule has 0 radical (unpaired) electrons. The van der Waals surface area contributed by atoms with E-state index in [1.807, 2.05) is 24.3 Å². The minimum atomic E-state index is -0.413. The van der Waals surface area contributed by atoms with Gasteiger partial charge in [-0.15, -0.1) is 0 Å². The molecule has 0 spiro atoms. The summed E-state index contributed by atoms with van der Waals surface area (Å²) in [6.07, 6.45) is 1.27. The number of nitrogens with one attached hydrogen (secondary N) is 1. The van der Waals surface area contributed by atoms with Crippen molar-refractivity contribution < 1.29 is 9.18 Å². The second-order valence-corrected chi connectivity index (χ2v) is 6.90. The quantitative estimate of drug-likeness (QED) is 0.762. The van der Waals surface area contributed by atoms with Crippen molar-refractivity contribution in [2.45, 2.75) is 33.1 Å². The first kappa shape index (κ1) is 16.2. The van der Waals surface area contributed by atoms with Crippen LogP contribution >= 0.6 is 0 Å². The smallest absolute Gasteiger partial charge is 0.274 e. The van der Waals surface area contributed by atoms with E-state index in [2.05, 4.69) is 31.1 Å². The molecule has 24 heavy (non-hydrogen) atoms. The molecular weight excluding hydrogens is 305 g/mol. The summed E-state index contributed by atoms with van der Waals surface area (Å²) in [5.41, 5.74) is 3.38. The van der Waals surface area contributed by atoms with Crippen molar-refractivity contribution in [2.24, 2.45) is 0 Å². The molecule has 2 aromatic heterocycles. The monoisotopic (exact) mass is 325 g/mol. The molecule has 0 atom stereocenters. The summed E-state index contributed by atoms with van der Waals surface area (Å²) < 4.78 is 15.0. The Morgan fingerprint density at radius 2 is 1.79 bits per heavy atom. The van der Waals surface area contributed by atoms with Crippen molar-refractivity contribution in [3.63, 3.8) is 0 Å². The van der Waals surface area contributed by atoms with E-state index < -0.39 is 5.82 Å². The van der Waals surface area contributed by atoms with Crippen molar-refractivity contribution >= 4 is 17.2 Å². The number of aromatic nitrogens is 2. The van der Waals surface area contributed by atoms with Crippen LogP contribution in [0.3, 0.4) is 0 Å². The molecule has 124 valence electrons. The molecule has 3 aromatic rings. The van der Waals surface area contributed by atoms with Crippen LogP contribution in [-0.2, 0) is 5.41 Å². The van der Waals surface area contributed by atoms with Gasteiger partial charge in [-0.1, -0.05) is 32.9 Å². The zero-order valence-electron chi connectivity index (χ0n) is 14.2. The van der Waals surface area contributed by atoms with Crippen LogP contribution in [-0.4, -0.2) is 15.3 Å². The fourth-order valence-electron chi connectivity index (χ4n) is 2.65. The highest BCUT2D eigenvalue weighted by Crippen LogP contribution is 2.24. The van der Waals surface area contributed by atoms with Crippen LogP contribution in [0.5, 0.6) is 0 Å². The van der Waals surface area contributed by atoms with E-state index in [-0.39, 0.29) is 11.3 Å². The molecular formula is C19H20FN3O. The van der Waals surface area contributed by atoms with Crippen molar-refractivity contribution in [1.29, 1.82) is 0 Å². The summed E-state index contributed by atoms with van der Waals surface area (Å²) in [6.45, 7) is 8.15. The van der Waals surface area contributed by atoms with Crippen molar-refractivity contribution in [1.82, 2.24) is 9.38 Å². The fourth-order valence-corrected chi connectivity index (χ4v) is 2.65. The maximum absolute atomic E-state index is 13.5. The number of imidazole rings is 1. The Morgan fingerprint density at radius 3 is 2.42 bits per heavy atom. The number of benzene rings is 1. The highest BCUT2D eigenvalue weighted by molar-refractivity contribution is 6.04. The molecule has 0 aliphatic rings. The summed E-state index contributed by atoms with van der Waals surface area (Å²) in [4.78, 5) is 16.9. The lowest BCUT2D eigenvalue weighted by atomic mass is 9.87. The van der Waals surface area contributed by atoms with Crippen LogP contribution in [0.15, 0.2) is 42.6 Å². The Hall–Kier alpha value is -2.69. The van der Waals surface area contributed by atoms with Gasteiger partial charge in [0.2, 0.25) is 0 Å². The number of hydrogen-bond donors (Lipinski definition) is 1. The summed E-state index contributed by atoms with van der Waals surface area (Å²) in [5, 5.41) is 2.85. The minimum absolute atomic E-state index is 0.0539. The first-order chi connectivity index (χ1) is 11.3. The van der Waals surface area contributed by atoms with Gasteiger partial charge in [0.25, 0.3) is 5.91 Å². The molecule has 0 saturated carbocycles. The molecule has 0 unspecified atom stereocenters. The molecule has 4 nitrogen and oxygen atoms in total. The molecule has 1 aromatic carbocycles. The second-order valence-electron chi connectivity index (χ2n) is 6.90. The summed E-state index contributed by atoms with van der Waals surface area (Å²) in [5.74, 6) is -0.724. The number of carbonyl (C=O) groups is 1. The number of pyridine rings is 1. The first-order valence-electron chi connectivity index (χ1n) is 7.82. The van der Waals surface area contributed by atoms with Crippen molar-refractivity contribution in [3.05, 3.63) is 65.4 Å². The standard InChI is InChI=1S/C19H20FN3O/c1-12-17(23-11-14(20)7-10-16(23)21-12)18(24)22-15-8-5-13(6-9-15)19(2,3)4/h5-11H,1-4H3,(H,22,24). The predicted molar refractivity (Wildman–Crippen MR) is 93.0 cm³/mol. The zero-order chi connectivity index (χ0) is 17.5. The third-order valence-corrected chi connectivity index (χ3v) is 3.98. The molecule has 1 N–H and O–H groups in total. The van der Waals surface area contributed by atoms with Crippen LogP contribution in [0.4, 0.5) is 10.1 Å². The van der Waals surface area contributed by atoms with E-state index in [9.17, 15) is 9.18 Å². The van der Waals surface area contributed by atoms with E-state index >= 15 is 0 Å². The molecule has 2 heterocycles. The second kappa shape index (κ2) is 5.74. The maximum atomic E-state index is 13.5. The van der Waals surface area contributed by atoms with Gasteiger partial charge in [0, 0.05) is 11.9 Å². The number of aryl methyl sites for hydroxylation is 1. The normalized spacial score (nSPS) is 11.7. The third-order valence-electron chi connectivity index (χ3n) is 3.98. The van der Waals surface area contributed by atoms with Gasteiger partial charge in [0.05, 0.1) is 5.69 Å². The Bertz CT molecular complexity index is 905. The topological polar surface area (TPSA) is 46.4 Å². The van der Waals surface area contributed by atoms with Gasteiger partial charge in [-0.05, 0) is 42.2 Å². The number of fused-ring (bicyclic) bond motifs is 1. The van der Waals surface area contributed by atoms with E-state index in [0.717, 1.165) is 0 Å². The van der Waals surface area contributed by atoms with Crippen molar-refractivity contribution in [2.75, 3.05) is 5.32 Å². The largest absolute Gasteiger partial charge is 0.321 e. The number of amides is 1. The number of halogens is 1. The first-order valence-corrected chi connectivity index (χ1v) is 7.82. The Kier molecular flexibility index (Phi) is 3.87. The SMILES string of the molecule is Cc1nc2ccc(F)cn2c1C(=O)Nc1ccc(C(C)(C)C)cc1. The lowest BCUT2D eigenvalue weighted by Crippen LogP contribution is -2.16. The molecule has 3 rings (SSSR count). The molecule has 0 aliphatic heterocycles. The van der Waals surface area contributed by atoms with Crippen LogP contribution in [0.25, 0.3) is 5.65 Å². The molecule has 5 heteroatoms. The van der Waals surface area contributed by atoms with Crippen LogP contribution < -0.4 is 5.32 Å². The van der Waals surface area contributed by atoms with Gasteiger partial charge in [-0.2, -0.15) is 0 Å². The highest BCUT2D eigenvalue weighted by Gasteiger charge is 2.18. The Labute approximate surface area is 140 Å². The van der Waals surface area contributed by atoms with E-state index in [1.165, 1.54) is 22.2 Å². The number of nitrogens with zero attached hydrogens (tertiary/aromatic N) is 2. The van der Waals surface area contributed by atoms with Gasteiger partial charge >= 0.3 is 0 Å². The summed E-state index contributed by atoms with van der Waals surface area (Å²) in [6, 6.07) is 10.6. The predicted octanol–water partition coefficient (Wildman–Crippen LogP) is 4.33. The summed E-state index contributed by atoms with van der Waals surface area (Å²) in [7, 11) is 0. The molecule has 0 fully saturated rings.